The Kier molecular flexibility index (Phi) is 5.07. The van der Waals surface area contributed by atoms with Crippen molar-refractivity contribution in [2.24, 2.45) is 0 Å². The Hall–Kier alpha value is -5.55. The monoisotopic (exact) mass is 511 g/mol. The van der Waals surface area contributed by atoms with Gasteiger partial charge in [0, 0.05) is 33.2 Å². The van der Waals surface area contributed by atoms with Gasteiger partial charge in [-0.3, -0.25) is 0 Å². The second-order valence-electron chi connectivity index (χ2n) is 9.76. The molecule has 8 rings (SSSR count). The molecule has 0 fully saturated rings. The average molecular weight is 512 g/mol. The molecule has 0 bridgehead atoms. The summed E-state index contributed by atoms with van der Waals surface area (Å²) in [5.41, 5.74) is 9.25. The molecule has 0 aliphatic heterocycles. The number of hydrogen-bond donors (Lipinski definition) is 0. The molecule has 0 radical (unpaired) electrons. The molecule has 7 aromatic rings. The van der Waals surface area contributed by atoms with Gasteiger partial charge in [0.25, 0.3) is 0 Å². The Morgan fingerprint density at radius 2 is 0.750 bits per heavy atom. The zero-order chi connectivity index (χ0) is 26.5. The molecule has 2 aromatic heterocycles. The van der Waals surface area contributed by atoms with Crippen LogP contribution in [0.5, 0.6) is 0 Å². The largest absolute Gasteiger partial charge is 0.228 e. The Labute approximate surface area is 230 Å². The molecule has 0 saturated carbocycles. The van der Waals surface area contributed by atoms with Gasteiger partial charge in [0.05, 0.1) is 11.2 Å². The minimum absolute atomic E-state index is 0.621. The van der Waals surface area contributed by atoms with Crippen LogP contribution in [0, 0.1) is 0 Å². The molecule has 1 aliphatic carbocycles. The highest BCUT2D eigenvalue weighted by molar-refractivity contribution is 6.13. The molecule has 40 heavy (non-hydrogen) atoms. The maximum absolute atomic E-state index is 5.04. The van der Waals surface area contributed by atoms with E-state index in [2.05, 4.69) is 42.5 Å². The van der Waals surface area contributed by atoms with Gasteiger partial charge in [0.15, 0.2) is 23.3 Å². The van der Waals surface area contributed by atoms with Crippen LogP contribution >= 0.6 is 0 Å². The van der Waals surface area contributed by atoms with Crippen molar-refractivity contribution in [2.45, 2.75) is 0 Å². The summed E-state index contributed by atoms with van der Waals surface area (Å²) in [6, 6.07) is 42.9. The van der Waals surface area contributed by atoms with Crippen molar-refractivity contribution in [3.63, 3.8) is 0 Å². The molecule has 0 unspecified atom stereocenters. The maximum Gasteiger partial charge on any atom is 0.164 e. The molecule has 0 spiro atoms. The van der Waals surface area contributed by atoms with Crippen molar-refractivity contribution in [2.75, 3.05) is 0 Å². The topological polar surface area (TPSA) is 64.5 Å². The normalized spacial score (nSPS) is 11.5. The van der Waals surface area contributed by atoms with E-state index >= 15 is 0 Å². The van der Waals surface area contributed by atoms with Crippen molar-refractivity contribution in [1.82, 2.24) is 24.9 Å². The summed E-state index contributed by atoms with van der Waals surface area (Å²) >= 11 is 0. The van der Waals surface area contributed by atoms with Crippen LogP contribution in [-0.2, 0) is 0 Å². The quantitative estimate of drug-likeness (QED) is 0.239. The second-order valence-corrected chi connectivity index (χ2v) is 9.76. The van der Waals surface area contributed by atoms with Crippen molar-refractivity contribution < 1.29 is 0 Å². The molecular weight excluding hydrogens is 490 g/mol. The van der Waals surface area contributed by atoms with E-state index in [1.54, 1.807) is 0 Å². The van der Waals surface area contributed by atoms with E-state index in [-0.39, 0.29) is 0 Å². The van der Waals surface area contributed by atoms with Crippen LogP contribution in [0.4, 0.5) is 0 Å². The third-order valence-corrected chi connectivity index (χ3v) is 7.30. The van der Waals surface area contributed by atoms with Crippen molar-refractivity contribution in [1.29, 1.82) is 0 Å². The number of nitrogens with zero attached hydrogens (tertiary/aromatic N) is 5. The van der Waals surface area contributed by atoms with Gasteiger partial charge < -0.3 is 0 Å². The summed E-state index contributed by atoms with van der Waals surface area (Å²) in [5, 5.41) is 1.12. The van der Waals surface area contributed by atoms with Crippen LogP contribution < -0.4 is 0 Å². The smallest absolute Gasteiger partial charge is 0.164 e. The summed E-state index contributed by atoms with van der Waals surface area (Å²) in [5.74, 6) is 2.61. The highest BCUT2D eigenvalue weighted by Crippen LogP contribution is 2.46. The predicted molar refractivity (Wildman–Crippen MR) is 159 cm³/mol. The van der Waals surface area contributed by atoms with E-state index in [4.69, 9.17) is 24.9 Å². The molecule has 0 atom stereocenters. The Bertz CT molecular complexity index is 1980. The minimum atomic E-state index is 0.621. The molecule has 0 N–H and O–H groups in total. The fourth-order valence-corrected chi connectivity index (χ4v) is 5.36. The standard InChI is InChI=1S/C35H21N5/c1-3-10-22(11-4-1)33-38-34(23-12-5-2-6-13-23)40-35(39-33)25-20-18-24(19-21-25)32-36-29-17-9-16-27-26-14-7-8-15-28(26)31(37-32)30(27)29/h1-21H. The van der Waals surface area contributed by atoms with E-state index in [1.165, 1.54) is 11.1 Å². The Morgan fingerprint density at radius 1 is 0.300 bits per heavy atom. The fraction of sp³-hybridized carbons (Fsp3) is 0. The van der Waals surface area contributed by atoms with Crippen LogP contribution in [0.3, 0.4) is 0 Å². The number of rotatable bonds is 4. The first-order valence-corrected chi connectivity index (χ1v) is 13.2. The van der Waals surface area contributed by atoms with Crippen molar-refractivity contribution >= 4 is 10.9 Å². The van der Waals surface area contributed by atoms with E-state index in [9.17, 15) is 0 Å². The van der Waals surface area contributed by atoms with Crippen LogP contribution in [0.1, 0.15) is 0 Å². The van der Waals surface area contributed by atoms with Crippen LogP contribution in [-0.4, -0.2) is 24.9 Å². The van der Waals surface area contributed by atoms with Gasteiger partial charge in [0.2, 0.25) is 0 Å². The van der Waals surface area contributed by atoms with Gasteiger partial charge in [-0.1, -0.05) is 121 Å². The first-order chi connectivity index (χ1) is 19.8. The number of benzene rings is 5. The first-order valence-electron chi connectivity index (χ1n) is 13.2. The van der Waals surface area contributed by atoms with E-state index in [0.717, 1.165) is 44.4 Å². The third kappa shape index (κ3) is 3.68. The highest BCUT2D eigenvalue weighted by Gasteiger charge is 2.24. The molecule has 2 heterocycles. The van der Waals surface area contributed by atoms with Gasteiger partial charge in [0.1, 0.15) is 0 Å². The molecule has 5 nitrogen and oxygen atoms in total. The second kappa shape index (κ2) is 9.03. The van der Waals surface area contributed by atoms with E-state index < -0.39 is 0 Å². The first kappa shape index (κ1) is 22.4. The van der Waals surface area contributed by atoms with Crippen LogP contribution in [0.2, 0.25) is 0 Å². The lowest BCUT2D eigenvalue weighted by Crippen LogP contribution is -2.00. The third-order valence-electron chi connectivity index (χ3n) is 7.30. The Morgan fingerprint density at radius 3 is 1.32 bits per heavy atom. The molecule has 0 saturated heterocycles. The highest BCUT2D eigenvalue weighted by atomic mass is 15.0. The molecule has 1 aliphatic rings. The van der Waals surface area contributed by atoms with Gasteiger partial charge in [-0.15, -0.1) is 0 Å². The number of aromatic nitrogens is 5. The van der Waals surface area contributed by atoms with Gasteiger partial charge in [-0.05, 0) is 17.2 Å². The van der Waals surface area contributed by atoms with Crippen LogP contribution in [0.15, 0.2) is 127 Å². The lowest BCUT2D eigenvalue weighted by molar-refractivity contribution is 1.07. The summed E-state index contributed by atoms with van der Waals surface area (Å²) in [6.07, 6.45) is 0. The number of fused-ring (bicyclic) bond motifs is 3. The number of hydrogen-bond acceptors (Lipinski definition) is 5. The molecular formula is C35H21N5. The van der Waals surface area contributed by atoms with E-state index in [1.807, 2.05) is 84.9 Å². The molecule has 186 valence electrons. The molecule has 0 amide bonds. The van der Waals surface area contributed by atoms with Gasteiger partial charge in [-0.2, -0.15) is 0 Å². The predicted octanol–water partition coefficient (Wildman–Crippen LogP) is 8.13. The summed E-state index contributed by atoms with van der Waals surface area (Å²) in [4.78, 5) is 24.5. The molecule has 5 aromatic carbocycles. The lowest BCUT2D eigenvalue weighted by atomic mass is 10.1. The maximum atomic E-state index is 5.04. The van der Waals surface area contributed by atoms with Crippen molar-refractivity contribution in [3.05, 3.63) is 127 Å². The Balaban J connectivity index is 1.22. The summed E-state index contributed by atoms with van der Waals surface area (Å²) in [6.45, 7) is 0. The SMILES string of the molecule is c1ccc(-c2nc(-c3ccccc3)nc(-c3ccc(-c4nc5c6c(cccc6n4)-c4ccccc4-5)cc3)n2)cc1. The van der Waals surface area contributed by atoms with E-state index in [0.29, 0.717) is 23.3 Å². The van der Waals surface area contributed by atoms with Gasteiger partial charge in [-0.25, -0.2) is 24.9 Å². The van der Waals surface area contributed by atoms with Crippen molar-refractivity contribution in [3.8, 4) is 67.9 Å². The zero-order valence-electron chi connectivity index (χ0n) is 21.4. The van der Waals surface area contributed by atoms with Crippen LogP contribution in [0.25, 0.3) is 78.8 Å². The lowest BCUT2D eigenvalue weighted by Gasteiger charge is -2.09. The minimum Gasteiger partial charge on any atom is -0.228 e. The molecule has 5 heteroatoms. The van der Waals surface area contributed by atoms with Gasteiger partial charge >= 0.3 is 0 Å². The zero-order valence-corrected chi connectivity index (χ0v) is 21.4. The fourth-order valence-electron chi connectivity index (χ4n) is 5.36. The summed E-state index contributed by atoms with van der Waals surface area (Å²) < 4.78 is 0. The summed E-state index contributed by atoms with van der Waals surface area (Å²) in [7, 11) is 0. The average Bonchev–Trinajstić information content (AvgIpc) is 3.36.